The first-order valence-electron chi connectivity index (χ1n) is 5.78. The fourth-order valence-electron chi connectivity index (χ4n) is 2.15. The molecule has 1 aromatic carbocycles. The lowest BCUT2D eigenvalue weighted by Crippen LogP contribution is -2.40. The Labute approximate surface area is 95.3 Å². The zero-order valence-electron chi connectivity index (χ0n) is 9.49. The third-order valence-corrected chi connectivity index (χ3v) is 3.46. The highest BCUT2D eigenvalue weighted by atomic mass is 16.7. The van der Waals surface area contributed by atoms with Crippen molar-refractivity contribution in [2.75, 3.05) is 13.4 Å². The van der Waals surface area contributed by atoms with Crippen LogP contribution in [0.2, 0.25) is 0 Å². The van der Waals surface area contributed by atoms with Crippen LogP contribution in [-0.2, 0) is 11.2 Å². The van der Waals surface area contributed by atoms with Gasteiger partial charge in [-0.2, -0.15) is 0 Å². The molecule has 3 heteroatoms. The standard InChI is InChI=1S/C13H16O3/c1-13(6-7-16-13)5-4-10-2-3-11-12(8-10)15-9-14-11/h2-3,8H,4-7,9H2,1H3. The van der Waals surface area contributed by atoms with Gasteiger partial charge in [-0.05, 0) is 43.9 Å². The average Bonchev–Trinajstić information content (AvgIpc) is 2.70. The second-order valence-electron chi connectivity index (χ2n) is 4.74. The van der Waals surface area contributed by atoms with Gasteiger partial charge in [0.05, 0.1) is 12.2 Å². The number of aryl methyl sites for hydroxylation is 1. The molecular weight excluding hydrogens is 204 g/mol. The highest BCUT2D eigenvalue weighted by Crippen LogP contribution is 2.35. The predicted octanol–water partition coefficient (Wildman–Crippen LogP) is 2.53. The van der Waals surface area contributed by atoms with E-state index in [1.54, 1.807) is 0 Å². The molecule has 3 rings (SSSR count). The van der Waals surface area contributed by atoms with Gasteiger partial charge in [0.2, 0.25) is 6.79 Å². The van der Waals surface area contributed by atoms with Crippen LogP contribution in [0.15, 0.2) is 18.2 Å². The SMILES string of the molecule is CC1(CCc2ccc3c(c2)OCO3)CCO1. The van der Waals surface area contributed by atoms with E-state index < -0.39 is 0 Å². The Bertz CT molecular complexity index is 396. The zero-order chi connectivity index (χ0) is 11.0. The van der Waals surface area contributed by atoms with Crippen LogP contribution in [-0.4, -0.2) is 19.0 Å². The minimum Gasteiger partial charge on any atom is -0.454 e. The molecule has 1 unspecified atom stereocenters. The molecule has 86 valence electrons. The molecule has 1 fully saturated rings. The number of rotatable bonds is 3. The quantitative estimate of drug-likeness (QED) is 0.783. The molecule has 2 heterocycles. The number of ether oxygens (including phenoxy) is 3. The average molecular weight is 220 g/mol. The summed E-state index contributed by atoms with van der Waals surface area (Å²) in [4.78, 5) is 0. The van der Waals surface area contributed by atoms with Crippen molar-refractivity contribution in [2.24, 2.45) is 0 Å². The van der Waals surface area contributed by atoms with Crippen molar-refractivity contribution in [2.45, 2.75) is 31.8 Å². The van der Waals surface area contributed by atoms with Crippen molar-refractivity contribution in [1.82, 2.24) is 0 Å². The Morgan fingerprint density at radius 1 is 1.25 bits per heavy atom. The third kappa shape index (κ3) is 1.76. The summed E-state index contributed by atoms with van der Waals surface area (Å²) in [6, 6.07) is 6.17. The molecular formula is C13H16O3. The van der Waals surface area contributed by atoms with Gasteiger partial charge in [-0.3, -0.25) is 0 Å². The molecule has 3 nitrogen and oxygen atoms in total. The van der Waals surface area contributed by atoms with Gasteiger partial charge in [0.15, 0.2) is 11.5 Å². The van der Waals surface area contributed by atoms with Crippen molar-refractivity contribution in [3.8, 4) is 11.5 Å². The molecule has 2 aliphatic rings. The molecule has 1 aromatic rings. The van der Waals surface area contributed by atoms with E-state index in [0.29, 0.717) is 6.79 Å². The largest absolute Gasteiger partial charge is 0.454 e. The van der Waals surface area contributed by atoms with Gasteiger partial charge in [-0.25, -0.2) is 0 Å². The van der Waals surface area contributed by atoms with Crippen molar-refractivity contribution >= 4 is 0 Å². The van der Waals surface area contributed by atoms with Crippen LogP contribution < -0.4 is 9.47 Å². The minimum absolute atomic E-state index is 0.108. The molecule has 0 radical (unpaired) electrons. The van der Waals surface area contributed by atoms with Crippen molar-refractivity contribution < 1.29 is 14.2 Å². The Balaban J connectivity index is 1.66. The van der Waals surface area contributed by atoms with Crippen molar-refractivity contribution in [1.29, 1.82) is 0 Å². The summed E-state index contributed by atoms with van der Waals surface area (Å²) in [7, 11) is 0. The number of hydrogen-bond donors (Lipinski definition) is 0. The first-order valence-corrected chi connectivity index (χ1v) is 5.78. The lowest BCUT2D eigenvalue weighted by atomic mass is 9.90. The first-order chi connectivity index (χ1) is 7.75. The van der Waals surface area contributed by atoms with E-state index >= 15 is 0 Å². The molecule has 1 atom stereocenters. The molecule has 0 amide bonds. The highest BCUT2D eigenvalue weighted by Gasteiger charge is 2.32. The fraction of sp³-hybridized carbons (Fsp3) is 0.538. The smallest absolute Gasteiger partial charge is 0.231 e. The normalized spacial score (nSPS) is 26.6. The van der Waals surface area contributed by atoms with Crippen LogP contribution in [0.1, 0.15) is 25.3 Å². The topological polar surface area (TPSA) is 27.7 Å². The summed E-state index contributed by atoms with van der Waals surface area (Å²) in [5, 5.41) is 0. The van der Waals surface area contributed by atoms with E-state index in [-0.39, 0.29) is 5.60 Å². The minimum atomic E-state index is 0.108. The van der Waals surface area contributed by atoms with Gasteiger partial charge in [0.25, 0.3) is 0 Å². The van der Waals surface area contributed by atoms with Crippen LogP contribution in [0, 0.1) is 0 Å². The van der Waals surface area contributed by atoms with Crippen LogP contribution in [0.5, 0.6) is 11.5 Å². The fourth-order valence-corrected chi connectivity index (χ4v) is 2.15. The van der Waals surface area contributed by atoms with Crippen LogP contribution in [0.25, 0.3) is 0 Å². The second-order valence-corrected chi connectivity index (χ2v) is 4.74. The van der Waals surface area contributed by atoms with Gasteiger partial charge in [-0.15, -0.1) is 0 Å². The lowest BCUT2D eigenvalue weighted by molar-refractivity contribution is -0.137. The monoisotopic (exact) mass is 220 g/mol. The summed E-state index contributed by atoms with van der Waals surface area (Å²) in [6.07, 6.45) is 3.29. The summed E-state index contributed by atoms with van der Waals surface area (Å²) in [6.45, 7) is 3.45. The number of fused-ring (bicyclic) bond motifs is 1. The van der Waals surface area contributed by atoms with Gasteiger partial charge < -0.3 is 14.2 Å². The molecule has 16 heavy (non-hydrogen) atoms. The van der Waals surface area contributed by atoms with E-state index in [1.165, 1.54) is 12.0 Å². The summed E-state index contributed by atoms with van der Waals surface area (Å²) in [5.74, 6) is 1.73. The van der Waals surface area contributed by atoms with E-state index in [1.807, 2.05) is 6.07 Å². The second kappa shape index (κ2) is 3.67. The van der Waals surface area contributed by atoms with E-state index in [9.17, 15) is 0 Å². The maximum Gasteiger partial charge on any atom is 0.231 e. The number of benzene rings is 1. The summed E-state index contributed by atoms with van der Waals surface area (Å²) < 4.78 is 16.2. The van der Waals surface area contributed by atoms with E-state index in [4.69, 9.17) is 14.2 Å². The van der Waals surface area contributed by atoms with Crippen LogP contribution >= 0.6 is 0 Å². The lowest BCUT2D eigenvalue weighted by Gasteiger charge is -2.38. The Hall–Kier alpha value is -1.22. The Morgan fingerprint density at radius 3 is 2.81 bits per heavy atom. The van der Waals surface area contributed by atoms with Gasteiger partial charge in [-0.1, -0.05) is 6.07 Å². The Kier molecular flexibility index (Phi) is 2.28. The van der Waals surface area contributed by atoms with Crippen LogP contribution in [0.4, 0.5) is 0 Å². The molecule has 1 saturated heterocycles. The van der Waals surface area contributed by atoms with Crippen molar-refractivity contribution in [3.63, 3.8) is 0 Å². The third-order valence-electron chi connectivity index (χ3n) is 3.46. The molecule has 0 aromatic heterocycles. The molecule has 2 aliphatic heterocycles. The molecule has 0 saturated carbocycles. The van der Waals surface area contributed by atoms with Gasteiger partial charge in [0, 0.05) is 0 Å². The molecule has 0 N–H and O–H groups in total. The van der Waals surface area contributed by atoms with Gasteiger partial charge in [0.1, 0.15) is 0 Å². The van der Waals surface area contributed by atoms with Gasteiger partial charge >= 0.3 is 0 Å². The predicted molar refractivity (Wildman–Crippen MR) is 59.9 cm³/mol. The number of hydrogen-bond acceptors (Lipinski definition) is 3. The van der Waals surface area contributed by atoms with Crippen molar-refractivity contribution in [3.05, 3.63) is 23.8 Å². The van der Waals surface area contributed by atoms with E-state index in [0.717, 1.165) is 30.9 Å². The highest BCUT2D eigenvalue weighted by molar-refractivity contribution is 5.44. The molecule has 0 aliphatic carbocycles. The Morgan fingerprint density at radius 2 is 2.06 bits per heavy atom. The summed E-state index contributed by atoms with van der Waals surface area (Å²) in [5.41, 5.74) is 1.40. The molecule has 0 spiro atoms. The zero-order valence-corrected chi connectivity index (χ0v) is 9.49. The van der Waals surface area contributed by atoms with E-state index in [2.05, 4.69) is 19.1 Å². The maximum absolute atomic E-state index is 5.58. The maximum atomic E-state index is 5.58. The molecule has 0 bridgehead atoms. The summed E-state index contributed by atoms with van der Waals surface area (Å²) >= 11 is 0. The van der Waals surface area contributed by atoms with Crippen LogP contribution in [0.3, 0.4) is 0 Å². The first kappa shape index (κ1) is 9.97.